The lowest BCUT2D eigenvalue weighted by Gasteiger charge is -2.30. The topological polar surface area (TPSA) is 82.5 Å². The van der Waals surface area contributed by atoms with Gasteiger partial charge in [0, 0.05) is 0 Å². The summed E-state index contributed by atoms with van der Waals surface area (Å²) in [6.07, 6.45) is 0.928. The quantitative estimate of drug-likeness (QED) is 0.786. The summed E-state index contributed by atoms with van der Waals surface area (Å²) in [5, 5.41) is 21.7. The molecule has 0 bridgehead atoms. The van der Waals surface area contributed by atoms with Crippen molar-refractivity contribution in [2.45, 2.75) is 12.5 Å². The molecular weight excluding hydrogens is 275 g/mol. The molecule has 2 aromatic rings. The van der Waals surface area contributed by atoms with Crippen LogP contribution in [-0.4, -0.2) is 27.8 Å². The number of carbonyl (C=O) groups is 1. The minimum atomic E-state index is -1.29. The van der Waals surface area contributed by atoms with Gasteiger partial charge in [-0.2, -0.15) is 0 Å². The summed E-state index contributed by atoms with van der Waals surface area (Å²) in [4.78, 5) is 15.0. The zero-order chi connectivity index (χ0) is 15.5. The zero-order valence-corrected chi connectivity index (χ0v) is 11.4. The number of carboxylic acid groups (broad SMARTS) is 1. The molecule has 0 saturated heterocycles. The Morgan fingerprint density at radius 3 is 2.62 bits per heavy atom. The van der Waals surface area contributed by atoms with E-state index in [1.54, 1.807) is 31.2 Å². The van der Waals surface area contributed by atoms with E-state index >= 15 is 0 Å². The average molecular weight is 290 g/mol. The third kappa shape index (κ3) is 3.17. The van der Waals surface area contributed by atoms with Crippen molar-refractivity contribution in [1.29, 1.82) is 0 Å². The van der Waals surface area contributed by atoms with Gasteiger partial charge in [0.05, 0.1) is 18.3 Å². The lowest BCUT2D eigenvalue weighted by atomic mass is 9.92. The smallest absolute Gasteiger partial charge is 0.339 e. The molecule has 1 heterocycles. The molecule has 110 valence electrons. The van der Waals surface area contributed by atoms with Crippen LogP contribution in [0, 0.1) is 5.82 Å². The zero-order valence-electron chi connectivity index (χ0n) is 11.4. The Morgan fingerprint density at radius 1 is 1.38 bits per heavy atom. The molecule has 1 aromatic heterocycles. The van der Waals surface area contributed by atoms with Gasteiger partial charge in [-0.05, 0) is 18.6 Å². The highest BCUT2D eigenvalue weighted by Crippen LogP contribution is 2.26. The van der Waals surface area contributed by atoms with Crippen molar-refractivity contribution in [1.82, 2.24) is 4.98 Å². The maximum atomic E-state index is 13.1. The molecule has 0 amide bonds. The highest BCUT2D eigenvalue weighted by molar-refractivity contribution is 5.93. The SMILES string of the molecule is CC(CO)(Nc1ncc(F)cc1C(=O)O)c1ccccc1. The van der Waals surface area contributed by atoms with Gasteiger partial charge in [0.2, 0.25) is 0 Å². The van der Waals surface area contributed by atoms with Crippen molar-refractivity contribution in [3.8, 4) is 0 Å². The van der Waals surface area contributed by atoms with Crippen LogP contribution in [0.1, 0.15) is 22.8 Å². The second-order valence-corrected chi connectivity index (χ2v) is 4.84. The number of aliphatic hydroxyl groups excluding tert-OH is 1. The van der Waals surface area contributed by atoms with E-state index in [-0.39, 0.29) is 18.0 Å². The van der Waals surface area contributed by atoms with Gasteiger partial charge in [0.1, 0.15) is 17.2 Å². The summed E-state index contributed by atoms with van der Waals surface area (Å²) in [7, 11) is 0. The van der Waals surface area contributed by atoms with Crippen LogP contribution in [0.15, 0.2) is 42.6 Å². The predicted octanol–water partition coefficient (Wildman–Crippen LogP) is 2.24. The molecule has 0 fully saturated rings. The van der Waals surface area contributed by atoms with Crippen molar-refractivity contribution >= 4 is 11.8 Å². The van der Waals surface area contributed by atoms with Crippen molar-refractivity contribution < 1.29 is 19.4 Å². The Hall–Kier alpha value is -2.47. The number of anilines is 1. The number of pyridine rings is 1. The second kappa shape index (κ2) is 5.88. The number of hydrogen-bond acceptors (Lipinski definition) is 4. The molecule has 2 rings (SSSR count). The van der Waals surface area contributed by atoms with Crippen molar-refractivity contribution in [2.75, 3.05) is 11.9 Å². The third-order valence-electron chi connectivity index (χ3n) is 3.21. The first-order chi connectivity index (χ1) is 9.96. The van der Waals surface area contributed by atoms with E-state index in [4.69, 9.17) is 5.11 Å². The summed E-state index contributed by atoms with van der Waals surface area (Å²) in [6.45, 7) is 1.42. The lowest BCUT2D eigenvalue weighted by Crippen LogP contribution is -2.36. The fraction of sp³-hybridized carbons (Fsp3) is 0.200. The summed E-state index contributed by atoms with van der Waals surface area (Å²) in [6, 6.07) is 9.93. The van der Waals surface area contributed by atoms with Gasteiger partial charge in [-0.3, -0.25) is 0 Å². The summed E-state index contributed by atoms with van der Waals surface area (Å²) in [5.41, 5.74) is -0.461. The first-order valence-corrected chi connectivity index (χ1v) is 6.30. The van der Waals surface area contributed by atoms with E-state index in [0.29, 0.717) is 0 Å². The van der Waals surface area contributed by atoms with Crippen LogP contribution < -0.4 is 5.32 Å². The van der Waals surface area contributed by atoms with Crippen LogP contribution in [0.2, 0.25) is 0 Å². The van der Waals surface area contributed by atoms with Gasteiger partial charge in [0.25, 0.3) is 0 Å². The van der Waals surface area contributed by atoms with Crippen LogP contribution in [0.25, 0.3) is 0 Å². The molecule has 21 heavy (non-hydrogen) atoms. The number of aromatic carboxylic acids is 1. The van der Waals surface area contributed by atoms with E-state index in [1.165, 1.54) is 0 Å². The van der Waals surface area contributed by atoms with Crippen molar-refractivity contribution in [3.63, 3.8) is 0 Å². The molecule has 3 N–H and O–H groups in total. The van der Waals surface area contributed by atoms with Crippen molar-refractivity contribution in [2.24, 2.45) is 0 Å². The molecule has 0 saturated carbocycles. The number of benzene rings is 1. The lowest BCUT2D eigenvalue weighted by molar-refractivity contribution is 0.0696. The maximum absolute atomic E-state index is 13.1. The van der Waals surface area contributed by atoms with E-state index in [2.05, 4.69) is 10.3 Å². The number of aromatic nitrogens is 1. The van der Waals surface area contributed by atoms with Gasteiger partial charge in [-0.1, -0.05) is 30.3 Å². The highest BCUT2D eigenvalue weighted by atomic mass is 19.1. The number of halogens is 1. The first-order valence-electron chi connectivity index (χ1n) is 6.30. The van der Waals surface area contributed by atoms with E-state index in [1.807, 2.05) is 6.07 Å². The Labute approximate surface area is 121 Å². The monoisotopic (exact) mass is 290 g/mol. The van der Waals surface area contributed by atoms with Crippen molar-refractivity contribution in [3.05, 3.63) is 59.5 Å². The fourth-order valence-electron chi connectivity index (χ4n) is 1.97. The molecule has 1 unspecified atom stereocenters. The normalized spacial score (nSPS) is 13.5. The van der Waals surface area contributed by atoms with Gasteiger partial charge >= 0.3 is 5.97 Å². The number of rotatable bonds is 5. The summed E-state index contributed by atoms with van der Waals surface area (Å²) in [5.74, 6) is -2.02. The van der Waals surface area contributed by atoms with Crippen LogP contribution in [0.3, 0.4) is 0 Å². The van der Waals surface area contributed by atoms with Gasteiger partial charge in [-0.25, -0.2) is 14.2 Å². The minimum Gasteiger partial charge on any atom is -0.478 e. The van der Waals surface area contributed by atoms with Crippen LogP contribution in [0.5, 0.6) is 0 Å². The molecule has 5 nitrogen and oxygen atoms in total. The Balaban J connectivity index is 2.42. The number of aliphatic hydroxyl groups is 1. The average Bonchev–Trinajstić information content (AvgIpc) is 2.49. The first kappa shape index (κ1) is 14.9. The molecule has 6 heteroatoms. The molecule has 1 aromatic carbocycles. The van der Waals surface area contributed by atoms with Gasteiger partial charge in [-0.15, -0.1) is 0 Å². The number of nitrogens with zero attached hydrogens (tertiary/aromatic N) is 1. The Morgan fingerprint density at radius 2 is 2.05 bits per heavy atom. The molecule has 1 atom stereocenters. The minimum absolute atomic E-state index is 0.00398. The van der Waals surface area contributed by atoms with Crippen LogP contribution in [-0.2, 0) is 5.54 Å². The third-order valence-corrected chi connectivity index (χ3v) is 3.21. The second-order valence-electron chi connectivity index (χ2n) is 4.84. The molecule has 0 radical (unpaired) electrons. The number of nitrogens with one attached hydrogen (secondary N) is 1. The summed E-state index contributed by atoms with van der Waals surface area (Å²) < 4.78 is 13.1. The van der Waals surface area contributed by atoms with E-state index < -0.39 is 17.3 Å². The molecule has 0 spiro atoms. The standard InChI is InChI=1S/C15H15FN2O3/c1-15(9-19,10-5-3-2-4-6-10)18-13-12(14(20)21)7-11(16)8-17-13/h2-8,19H,9H2,1H3,(H,17,18)(H,20,21). The maximum Gasteiger partial charge on any atom is 0.339 e. The number of hydrogen-bond donors (Lipinski definition) is 3. The van der Waals surface area contributed by atoms with Gasteiger partial charge < -0.3 is 15.5 Å². The molecule has 0 aliphatic rings. The van der Waals surface area contributed by atoms with E-state index in [9.17, 15) is 14.3 Å². The fourth-order valence-corrected chi connectivity index (χ4v) is 1.97. The predicted molar refractivity (Wildman–Crippen MR) is 75.7 cm³/mol. The highest BCUT2D eigenvalue weighted by Gasteiger charge is 2.28. The Kier molecular flexibility index (Phi) is 4.18. The van der Waals surface area contributed by atoms with Gasteiger partial charge in [0.15, 0.2) is 0 Å². The summed E-state index contributed by atoms with van der Waals surface area (Å²) >= 11 is 0. The molecule has 0 aliphatic heterocycles. The van der Waals surface area contributed by atoms with Crippen LogP contribution in [0.4, 0.5) is 10.2 Å². The largest absolute Gasteiger partial charge is 0.478 e. The Bertz CT molecular complexity index is 649. The van der Waals surface area contributed by atoms with E-state index in [0.717, 1.165) is 17.8 Å². The molecule has 0 aliphatic carbocycles. The number of carboxylic acids is 1. The van der Waals surface area contributed by atoms with Crippen LogP contribution >= 0.6 is 0 Å². The molecular formula is C15H15FN2O3.